The lowest BCUT2D eigenvalue weighted by Crippen LogP contribution is -2.64. The molecule has 0 bridgehead atoms. The van der Waals surface area contributed by atoms with Gasteiger partial charge >= 0.3 is 11.9 Å². The van der Waals surface area contributed by atoms with Gasteiger partial charge in [-0.25, -0.2) is 0 Å². The van der Waals surface area contributed by atoms with Gasteiger partial charge in [0.25, 0.3) is 0 Å². The predicted molar refractivity (Wildman–Crippen MR) is 330 cm³/mol. The highest BCUT2D eigenvalue weighted by molar-refractivity contribution is 7.80. The number of thiol groups is 3. The molecule has 0 aliphatic heterocycles. The van der Waals surface area contributed by atoms with Gasteiger partial charge in [0.1, 0.15) is 67.0 Å². The van der Waals surface area contributed by atoms with Gasteiger partial charge in [0.2, 0.25) is 70.9 Å². The highest BCUT2D eigenvalue weighted by Crippen LogP contribution is 2.10. The minimum atomic E-state index is -2.09. The SMILES string of the molecule is CC(C)C[C@H](NC(=O)[C@H](C)NC(=O)[C@@H](N)CS)C(=O)N[C@@H](CS)C(=O)N[C@@H](CCCN=C(N)N)C(=O)N[C@@H](CCCN=C(N)N)C(=O)N[C@@H](CO)C(=O)N[C@H](C(=O)N[C@H](C(=O)N[C@@H](CC(=O)O)C(=O)N[C@@H](CS)C(=O)NCC(=O)NCC(=O)O)[C@@H](C)O)[C@@H](C)O. The van der Waals surface area contributed by atoms with Crippen LogP contribution < -0.4 is 92.5 Å². The Hall–Kier alpha value is -7.99. The Labute approximate surface area is 533 Å². The molecule has 0 rings (SSSR count). The van der Waals surface area contributed by atoms with Gasteiger partial charge in [0.05, 0.1) is 37.8 Å². The third-order valence-electron chi connectivity index (χ3n) is 12.2. The molecule has 0 fully saturated rings. The van der Waals surface area contributed by atoms with Crippen LogP contribution in [0.15, 0.2) is 9.98 Å². The molecule has 0 spiro atoms. The van der Waals surface area contributed by atoms with Gasteiger partial charge in [-0.2, -0.15) is 37.9 Å². The first-order valence-corrected chi connectivity index (χ1v) is 29.6. The number of carbonyl (C=O) groups excluding carboxylic acids is 12. The lowest BCUT2D eigenvalue weighted by atomic mass is 10.0. The van der Waals surface area contributed by atoms with E-state index in [2.05, 4.69) is 101 Å². The van der Waals surface area contributed by atoms with Gasteiger partial charge in [0, 0.05) is 30.3 Å². The summed E-state index contributed by atoms with van der Waals surface area (Å²) in [5, 5.41) is 76.9. The standard InChI is InChI=1S/C49H87N19O19S3/c1-20(2)12-27(62-37(77)21(3)59-38(78)24(50)17-88)42(82)66-31(19-90)45(85)61-25(8-6-10-55-48(51)52)40(80)60-26(9-7-11-56-49(53)54)41(81)64-29(16-69)44(84)67-36(23(5)71)47(87)68-35(22(4)70)46(86)63-28(13-33(73)74)43(83)65-30(18-89)39(79)58-14-32(72)57-15-34(75)76/h20-31,35-36,69-71,88-90H,6-19,50H2,1-5H3,(H,57,72)(H,58,79)(H,59,78)(H,60,80)(H,61,85)(H,62,77)(H,63,86)(H,64,81)(H,65,83)(H,66,82)(H,67,84)(H,68,87)(H,73,74)(H,75,76)(H4,51,52,55)(H4,53,54,56)/t21-,22+,23+,24-,25-,26-,27-,28-,29-,30-,31-,35-,36-/m0/s1. The average Bonchev–Trinajstić information content (AvgIpc) is 1.23. The van der Waals surface area contributed by atoms with E-state index < -0.39 is 193 Å². The molecule has 38 nitrogen and oxygen atoms in total. The molecular formula is C49H87N19O19S3. The molecule has 0 unspecified atom stereocenters. The highest BCUT2D eigenvalue weighted by Gasteiger charge is 2.38. The number of aliphatic hydroxyl groups excluding tert-OH is 3. The Kier molecular flexibility index (Phi) is 39.0. The second-order valence-corrected chi connectivity index (χ2v) is 21.6. The Morgan fingerprint density at radius 1 is 0.433 bits per heavy atom. The molecule has 0 aromatic carbocycles. The van der Waals surface area contributed by atoms with Gasteiger partial charge in [-0.15, -0.1) is 0 Å². The minimum Gasteiger partial charge on any atom is -0.481 e. The summed E-state index contributed by atoms with van der Waals surface area (Å²) < 4.78 is 0. The van der Waals surface area contributed by atoms with Gasteiger partial charge in [-0.05, 0) is 58.8 Å². The number of rotatable bonds is 43. The van der Waals surface area contributed by atoms with Crippen molar-refractivity contribution in [1.82, 2.24) is 63.8 Å². The lowest BCUT2D eigenvalue weighted by Gasteiger charge is -2.29. The summed E-state index contributed by atoms with van der Waals surface area (Å²) in [6.07, 6.45) is -5.38. The van der Waals surface area contributed by atoms with Crippen molar-refractivity contribution in [3.63, 3.8) is 0 Å². The quantitative estimate of drug-likeness (QED) is 0.0117. The number of hydrogen-bond acceptors (Lipinski definition) is 23. The van der Waals surface area contributed by atoms with Crippen molar-refractivity contribution in [2.45, 2.75) is 152 Å². The van der Waals surface area contributed by atoms with Crippen LogP contribution in [0.3, 0.4) is 0 Å². The summed E-state index contributed by atoms with van der Waals surface area (Å²) in [4.78, 5) is 190. The van der Waals surface area contributed by atoms with Crippen LogP contribution in [0.25, 0.3) is 0 Å². The fraction of sp³-hybridized carbons (Fsp3) is 0.673. The van der Waals surface area contributed by atoms with E-state index >= 15 is 0 Å². The first kappa shape index (κ1) is 82.0. The van der Waals surface area contributed by atoms with Crippen LogP contribution >= 0.6 is 37.9 Å². The van der Waals surface area contributed by atoms with Gasteiger partial charge in [0.15, 0.2) is 11.9 Å². The normalized spacial score (nSPS) is 15.3. The Morgan fingerprint density at radius 2 is 0.822 bits per heavy atom. The van der Waals surface area contributed by atoms with Crippen LogP contribution in [0, 0.1) is 5.92 Å². The Morgan fingerprint density at radius 3 is 1.24 bits per heavy atom. The van der Waals surface area contributed by atoms with Crippen molar-refractivity contribution in [3.05, 3.63) is 0 Å². The molecule has 12 amide bonds. The summed E-state index contributed by atoms with van der Waals surface area (Å²) in [6.45, 7) is 3.88. The number of amides is 12. The maximum atomic E-state index is 14.2. The molecule has 510 valence electrons. The van der Waals surface area contributed by atoms with Crippen LogP contribution in [-0.4, -0.2) is 249 Å². The van der Waals surface area contributed by atoms with Crippen molar-refractivity contribution in [1.29, 1.82) is 0 Å². The number of hydrogen-bond donors (Lipinski definition) is 25. The molecule has 0 saturated heterocycles. The number of nitrogens with zero attached hydrogens (tertiary/aromatic N) is 2. The number of aliphatic carboxylic acids is 2. The topological polar surface area (TPSA) is 639 Å². The maximum Gasteiger partial charge on any atom is 0.322 e. The van der Waals surface area contributed by atoms with Crippen molar-refractivity contribution < 1.29 is 92.7 Å². The monoisotopic (exact) mass is 1340 g/mol. The molecule has 0 aliphatic rings. The van der Waals surface area contributed by atoms with Crippen LogP contribution in [0.1, 0.15) is 73.1 Å². The number of nitrogens with one attached hydrogen (secondary N) is 12. The van der Waals surface area contributed by atoms with E-state index in [9.17, 15) is 87.5 Å². The fourth-order valence-electron chi connectivity index (χ4n) is 7.44. The number of carboxylic acid groups (broad SMARTS) is 2. The molecule has 0 saturated carbocycles. The molecule has 0 heterocycles. The summed E-state index contributed by atoms with van der Waals surface area (Å²) in [5.74, 6) is -17.7. The zero-order valence-corrected chi connectivity index (χ0v) is 52.7. The highest BCUT2D eigenvalue weighted by atomic mass is 32.1. The van der Waals surface area contributed by atoms with E-state index in [1.165, 1.54) is 6.92 Å². The minimum absolute atomic E-state index is 0.0195. The van der Waals surface area contributed by atoms with Gasteiger partial charge in [-0.1, -0.05) is 13.8 Å². The molecular weight excluding hydrogens is 1250 g/mol. The number of nitrogens with two attached hydrogens (primary N) is 5. The molecule has 27 N–H and O–H groups in total. The summed E-state index contributed by atoms with van der Waals surface area (Å²) in [5.41, 5.74) is 27.5. The number of aliphatic hydroxyl groups is 3. The zero-order chi connectivity index (χ0) is 69.1. The molecule has 0 radical (unpaired) electrons. The van der Waals surface area contributed by atoms with E-state index in [1.54, 1.807) is 13.8 Å². The summed E-state index contributed by atoms with van der Waals surface area (Å²) >= 11 is 12.2. The van der Waals surface area contributed by atoms with Gasteiger partial charge in [-0.3, -0.25) is 77.1 Å². The molecule has 0 aromatic rings. The van der Waals surface area contributed by atoms with Crippen molar-refractivity contribution in [3.8, 4) is 0 Å². The first-order valence-electron chi connectivity index (χ1n) is 27.7. The number of carboxylic acids is 2. The third kappa shape index (κ3) is 32.5. The second-order valence-electron chi connectivity index (χ2n) is 20.5. The molecule has 0 aromatic heterocycles. The fourth-order valence-corrected chi connectivity index (χ4v) is 8.12. The van der Waals surface area contributed by atoms with E-state index in [0.29, 0.717) is 0 Å². The Bertz CT molecular complexity index is 2540. The average molecular weight is 1340 g/mol. The molecule has 41 heteroatoms. The Balaban J connectivity index is 6.72. The van der Waals surface area contributed by atoms with Crippen molar-refractivity contribution in [2.75, 3.05) is 50.0 Å². The van der Waals surface area contributed by atoms with Crippen LogP contribution in [0.2, 0.25) is 0 Å². The zero-order valence-electron chi connectivity index (χ0n) is 50.1. The summed E-state index contributed by atoms with van der Waals surface area (Å²) in [6, 6.07) is -17.9. The molecule has 13 atom stereocenters. The smallest absolute Gasteiger partial charge is 0.322 e. The van der Waals surface area contributed by atoms with Crippen molar-refractivity contribution >= 4 is 133 Å². The number of carbonyl (C=O) groups is 14. The summed E-state index contributed by atoms with van der Waals surface area (Å²) in [7, 11) is 0. The molecule has 0 aliphatic carbocycles. The third-order valence-corrected chi connectivity index (χ3v) is 13.3. The largest absolute Gasteiger partial charge is 0.481 e. The van der Waals surface area contributed by atoms with E-state index in [4.69, 9.17) is 33.8 Å². The first-order chi connectivity index (χ1) is 42.0. The lowest BCUT2D eigenvalue weighted by molar-refractivity contribution is -0.142. The van der Waals surface area contributed by atoms with Crippen LogP contribution in [0.4, 0.5) is 0 Å². The van der Waals surface area contributed by atoms with Crippen molar-refractivity contribution in [2.24, 2.45) is 44.6 Å². The van der Waals surface area contributed by atoms with Crippen LogP contribution in [-0.2, 0) is 67.1 Å². The van der Waals surface area contributed by atoms with E-state index in [0.717, 1.165) is 13.8 Å². The van der Waals surface area contributed by atoms with Gasteiger partial charge < -0.3 is 118 Å². The number of aliphatic imine (C=N–C) groups is 2. The second kappa shape index (κ2) is 42.9. The van der Waals surface area contributed by atoms with Crippen LogP contribution in [0.5, 0.6) is 0 Å². The van der Waals surface area contributed by atoms with E-state index in [1.807, 2.05) is 10.6 Å². The predicted octanol–water partition coefficient (Wildman–Crippen LogP) is -11.3. The maximum absolute atomic E-state index is 14.2. The van der Waals surface area contributed by atoms with E-state index in [-0.39, 0.29) is 74.5 Å². The molecule has 90 heavy (non-hydrogen) atoms. The number of guanidine groups is 2.